The van der Waals surface area contributed by atoms with Gasteiger partial charge >= 0.3 is 0 Å². The van der Waals surface area contributed by atoms with E-state index in [0.717, 1.165) is 25.0 Å². The van der Waals surface area contributed by atoms with Gasteiger partial charge in [0.1, 0.15) is 12.4 Å². The summed E-state index contributed by atoms with van der Waals surface area (Å²) < 4.78 is 33.0. The zero-order valence-corrected chi connectivity index (χ0v) is 18.5. The third-order valence-corrected chi connectivity index (χ3v) is 7.54. The number of benzene rings is 2. The Hall–Kier alpha value is -2.75. The summed E-state index contributed by atoms with van der Waals surface area (Å²) >= 11 is 1.49. The summed E-state index contributed by atoms with van der Waals surface area (Å²) in [6, 6.07) is 13.2. The van der Waals surface area contributed by atoms with Crippen LogP contribution < -0.4 is 10.1 Å². The van der Waals surface area contributed by atoms with Crippen molar-refractivity contribution in [3.8, 4) is 5.75 Å². The second kappa shape index (κ2) is 9.59. The average Bonchev–Trinajstić information content (AvgIpc) is 3.32. The maximum absolute atomic E-state index is 12.9. The Kier molecular flexibility index (Phi) is 6.64. The van der Waals surface area contributed by atoms with Gasteiger partial charge in [-0.2, -0.15) is 4.31 Å². The van der Waals surface area contributed by atoms with Crippen molar-refractivity contribution in [1.82, 2.24) is 9.29 Å². The number of amides is 1. The van der Waals surface area contributed by atoms with E-state index in [0.29, 0.717) is 36.7 Å². The summed E-state index contributed by atoms with van der Waals surface area (Å²) in [5, 5.41) is 4.69. The molecule has 4 rings (SSSR count). The van der Waals surface area contributed by atoms with Gasteiger partial charge in [-0.15, -0.1) is 11.3 Å². The van der Waals surface area contributed by atoms with Gasteiger partial charge in [-0.3, -0.25) is 4.79 Å². The van der Waals surface area contributed by atoms with Crippen molar-refractivity contribution < 1.29 is 17.9 Å². The standard InChI is InChI=1S/C22H23N3O4S2/c26-22(17-6-4-8-20(12-17)29-14-19-15-30-16-23-19)24-18-7-5-9-21(13-18)31(27,28)25-10-2-1-3-11-25/h4-9,12-13,15-16H,1-3,10-11,14H2,(H,24,26). The number of hydrogen-bond donors (Lipinski definition) is 1. The van der Waals surface area contributed by atoms with E-state index in [1.165, 1.54) is 21.7 Å². The summed E-state index contributed by atoms with van der Waals surface area (Å²) in [6.07, 6.45) is 2.79. The maximum Gasteiger partial charge on any atom is 0.255 e. The quantitative estimate of drug-likeness (QED) is 0.576. The number of ether oxygens (including phenoxy) is 1. The monoisotopic (exact) mass is 457 g/mol. The van der Waals surface area contributed by atoms with Gasteiger partial charge in [0, 0.05) is 29.7 Å². The SMILES string of the molecule is O=C(Nc1cccc(S(=O)(=O)N2CCCCC2)c1)c1cccc(OCc2cscn2)c1. The molecule has 2 heterocycles. The van der Waals surface area contributed by atoms with E-state index in [4.69, 9.17) is 4.74 Å². The number of rotatable bonds is 7. The zero-order valence-electron chi connectivity index (χ0n) is 16.9. The minimum atomic E-state index is -3.56. The van der Waals surface area contributed by atoms with Crippen molar-refractivity contribution >= 4 is 33.0 Å². The van der Waals surface area contributed by atoms with Crippen LogP contribution in [0.2, 0.25) is 0 Å². The van der Waals surface area contributed by atoms with Gasteiger partial charge in [-0.1, -0.05) is 18.6 Å². The van der Waals surface area contributed by atoms with Crippen LogP contribution in [-0.4, -0.2) is 36.7 Å². The first-order valence-electron chi connectivity index (χ1n) is 10.0. The Morgan fingerprint density at radius 2 is 1.90 bits per heavy atom. The molecular formula is C22H23N3O4S2. The fourth-order valence-electron chi connectivity index (χ4n) is 3.39. The number of anilines is 1. The van der Waals surface area contributed by atoms with Crippen LogP contribution in [0.3, 0.4) is 0 Å². The third kappa shape index (κ3) is 5.30. The number of nitrogens with zero attached hydrogens (tertiary/aromatic N) is 2. The minimum Gasteiger partial charge on any atom is -0.487 e. The topological polar surface area (TPSA) is 88.6 Å². The second-order valence-corrected chi connectivity index (χ2v) is 9.90. The lowest BCUT2D eigenvalue weighted by Crippen LogP contribution is -2.35. The molecule has 1 aliphatic heterocycles. The minimum absolute atomic E-state index is 0.188. The molecule has 0 saturated carbocycles. The Bertz CT molecular complexity index is 1140. The zero-order chi connectivity index (χ0) is 21.7. The smallest absolute Gasteiger partial charge is 0.255 e. The molecule has 1 saturated heterocycles. The average molecular weight is 458 g/mol. The van der Waals surface area contributed by atoms with Crippen LogP contribution in [0, 0.1) is 0 Å². The number of thiazole rings is 1. The van der Waals surface area contributed by atoms with Crippen LogP contribution in [0.25, 0.3) is 0 Å². The number of hydrogen-bond acceptors (Lipinski definition) is 6. The Balaban J connectivity index is 1.45. The lowest BCUT2D eigenvalue weighted by atomic mass is 10.2. The highest BCUT2D eigenvalue weighted by Crippen LogP contribution is 2.23. The van der Waals surface area contributed by atoms with Crippen molar-refractivity contribution in [2.24, 2.45) is 0 Å². The van der Waals surface area contributed by atoms with Crippen LogP contribution in [0.1, 0.15) is 35.3 Å². The molecular weight excluding hydrogens is 434 g/mol. The fourth-order valence-corrected chi connectivity index (χ4v) is 5.49. The number of piperidine rings is 1. The summed E-state index contributed by atoms with van der Waals surface area (Å²) in [5.74, 6) is 0.216. The first-order chi connectivity index (χ1) is 15.0. The molecule has 1 N–H and O–H groups in total. The second-order valence-electron chi connectivity index (χ2n) is 7.24. The van der Waals surface area contributed by atoms with E-state index < -0.39 is 10.0 Å². The fraction of sp³-hybridized carbons (Fsp3) is 0.273. The van der Waals surface area contributed by atoms with Crippen LogP contribution in [0.15, 0.2) is 64.3 Å². The van der Waals surface area contributed by atoms with E-state index in [1.807, 2.05) is 5.38 Å². The predicted octanol–water partition coefficient (Wildman–Crippen LogP) is 4.15. The van der Waals surface area contributed by atoms with Gasteiger partial charge in [0.25, 0.3) is 5.91 Å². The van der Waals surface area contributed by atoms with Crippen molar-refractivity contribution in [2.45, 2.75) is 30.8 Å². The van der Waals surface area contributed by atoms with Gasteiger partial charge in [0.05, 0.1) is 16.1 Å². The molecule has 1 fully saturated rings. The summed E-state index contributed by atoms with van der Waals surface area (Å²) in [7, 11) is -3.56. The summed E-state index contributed by atoms with van der Waals surface area (Å²) in [6.45, 7) is 1.39. The molecule has 7 nitrogen and oxygen atoms in total. The van der Waals surface area contributed by atoms with E-state index in [1.54, 1.807) is 48.0 Å². The first-order valence-corrected chi connectivity index (χ1v) is 12.4. The van der Waals surface area contributed by atoms with Crippen LogP contribution >= 0.6 is 11.3 Å². The third-order valence-electron chi connectivity index (χ3n) is 5.01. The Morgan fingerprint density at radius 1 is 1.10 bits per heavy atom. The molecule has 2 aromatic carbocycles. The molecule has 0 aliphatic carbocycles. The highest BCUT2D eigenvalue weighted by Gasteiger charge is 2.26. The predicted molar refractivity (Wildman–Crippen MR) is 120 cm³/mol. The van der Waals surface area contributed by atoms with Crippen molar-refractivity contribution in [3.05, 3.63) is 70.7 Å². The molecule has 1 aromatic heterocycles. The number of carbonyl (C=O) groups excluding carboxylic acids is 1. The summed E-state index contributed by atoms with van der Waals surface area (Å²) in [5.41, 5.74) is 3.41. The molecule has 3 aromatic rings. The number of carbonyl (C=O) groups is 1. The number of nitrogens with one attached hydrogen (secondary N) is 1. The van der Waals surface area contributed by atoms with Gasteiger partial charge in [-0.25, -0.2) is 13.4 Å². The largest absolute Gasteiger partial charge is 0.487 e. The lowest BCUT2D eigenvalue weighted by molar-refractivity contribution is 0.102. The normalized spacial score (nSPS) is 14.8. The lowest BCUT2D eigenvalue weighted by Gasteiger charge is -2.26. The van der Waals surface area contributed by atoms with Crippen molar-refractivity contribution in [3.63, 3.8) is 0 Å². The van der Waals surface area contributed by atoms with Crippen LogP contribution in [0.4, 0.5) is 5.69 Å². The first kappa shape index (κ1) is 21.5. The van der Waals surface area contributed by atoms with E-state index in [9.17, 15) is 13.2 Å². The van der Waals surface area contributed by atoms with Gasteiger partial charge in [0.2, 0.25) is 10.0 Å². The maximum atomic E-state index is 12.9. The van der Waals surface area contributed by atoms with Crippen LogP contribution in [0.5, 0.6) is 5.75 Å². The Morgan fingerprint density at radius 3 is 2.68 bits per heavy atom. The van der Waals surface area contributed by atoms with E-state index >= 15 is 0 Å². The molecule has 0 radical (unpaired) electrons. The van der Waals surface area contributed by atoms with Gasteiger partial charge in [0.15, 0.2) is 0 Å². The molecule has 0 bridgehead atoms. The molecule has 162 valence electrons. The van der Waals surface area contributed by atoms with Gasteiger partial charge in [-0.05, 0) is 49.2 Å². The van der Waals surface area contributed by atoms with Crippen molar-refractivity contribution in [1.29, 1.82) is 0 Å². The molecule has 9 heteroatoms. The number of aromatic nitrogens is 1. The molecule has 1 aliphatic rings. The van der Waals surface area contributed by atoms with Crippen molar-refractivity contribution in [2.75, 3.05) is 18.4 Å². The molecule has 0 atom stereocenters. The van der Waals surface area contributed by atoms with E-state index in [-0.39, 0.29) is 10.8 Å². The highest BCUT2D eigenvalue weighted by molar-refractivity contribution is 7.89. The molecule has 0 unspecified atom stereocenters. The molecule has 0 spiro atoms. The van der Waals surface area contributed by atoms with E-state index in [2.05, 4.69) is 10.3 Å². The molecule has 31 heavy (non-hydrogen) atoms. The highest BCUT2D eigenvalue weighted by atomic mass is 32.2. The summed E-state index contributed by atoms with van der Waals surface area (Å²) in [4.78, 5) is 17.1. The Labute approximate surface area is 185 Å². The molecule has 1 amide bonds. The number of sulfonamides is 1. The van der Waals surface area contributed by atoms with Crippen LogP contribution in [-0.2, 0) is 16.6 Å². The van der Waals surface area contributed by atoms with Gasteiger partial charge < -0.3 is 10.1 Å².